The van der Waals surface area contributed by atoms with E-state index < -0.39 is 0 Å². The van der Waals surface area contributed by atoms with Crippen LogP contribution in [0.25, 0.3) is 0 Å². The molecule has 1 aromatic heterocycles. The van der Waals surface area contributed by atoms with Gasteiger partial charge in [0.25, 0.3) is 0 Å². The molecule has 102 valence electrons. The summed E-state index contributed by atoms with van der Waals surface area (Å²) in [4.78, 5) is 10.9. The van der Waals surface area contributed by atoms with Gasteiger partial charge in [0.05, 0.1) is 0 Å². The van der Waals surface area contributed by atoms with Gasteiger partial charge in [-0.3, -0.25) is 0 Å². The molecule has 5 nitrogen and oxygen atoms in total. The Hall–Kier alpha value is -1.36. The summed E-state index contributed by atoms with van der Waals surface area (Å²) in [7, 11) is 0. The van der Waals surface area contributed by atoms with E-state index in [9.17, 15) is 0 Å². The Kier molecular flexibility index (Phi) is 5.85. The molecule has 0 spiro atoms. The van der Waals surface area contributed by atoms with Gasteiger partial charge < -0.3 is 10.3 Å². The van der Waals surface area contributed by atoms with Crippen molar-refractivity contribution >= 4 is 11.6 Å². The lowest BCUT2D eigenvalue weighted by Gasteiger charge is -2.31. The average Bonchev–Trinajstić information content (AvgIpc) is 2.40. The standard InChI is InChI=1S/C13H25N5/c1-5-7-8-18(10(3)6-2)13-11(4)12(17-14)15-9-16-13/h9-10H,5-8,14H2,1-4H3,(H,15,16,17). The molecular weight excluding hydrogens is 226 g/mol. The zero-order valence-corrected chi connectivity index (χ0v) is 11.9. The molecule has 0 aromatic carbocycles. The lowest BCUT2D eigenvalue weighted by molar-refractivity contribution is 0.587. The largest absolute Gasteiger partial charge is 0.354 e. The SMILES string of the molecule is CCCCN(c1ncnc(NN)c1C)C(C)CC. The Labute approximate surface area is 110 Å². The highest BCUT2D eigenvalue weighted by Gasteiger charge is 2.17. The van der Waals surface area contributed by atoms with Crippen molar-refractivity contribution in [2.75, 3.05) is 16.9 Å². The van der Waals surface area contributed by atoms with Crippen LogP contribution < -0.4 is 16.2 Å². The molecule has 0 saturated carbocycles. The fourth-order valence-corrected chi connectivity index (χ4v) is 1.96. The van der Waals surface area contributed by atoms with Crippen LogP contribution in [-0.4, -0.2) is 22.6 Å². The summed E-state index contributed by atoms with van der Waals surface area (Å²) in [5, 5.41) is 0. The number of anilines is 2. The van der Waals surface area contributed by atoms with Gasteiger partial charge in [-0.05, 0) is 26.7 Å². The van der Waals surface area contributed by atoms with Crippen LogP contribution in [0.5, 0.6) is 0 Å². The topological polar surface area (TPSA) is 67.1 Å². The number of unbranched alkanes of at least 4 members (excludes halogenated alkanes) is 1. The summed E-state index contributed by atoms with van der Waals surface area (Å²) < 4.78 is 0. The first-order valence-electron chi connectivity index (χ1n) is 6.70. The van der Waals surface area contributed by atoms with E-state index in [2.05, 4.69) is 41.1 Å². The van der Waals surface area contributed by atoms with Crippen LogP contribution in [0.3, 0.4) is 0 Å². The zero-order valence-electron chi connectivity index (χ0n) is 11.9. The van der Waals surface area contributed by atoms with Crippen LogP contribution in [0.15, 0.2) is 6.33 Å². The highest BCUT2D eigenvalue weighted by Crippen LogP contribution is 2.24. The van der Waals surface area contributed by atoms with Crippen molar-refractivity contribution < 1.29 is 0 Å². The number of nitrogens with two attached hydrogens (primary N) is 1. The van der Waals surface area contributed by atoms with Gasteiger partial charge in [-0.25, -0.2) is 15.8 Å². The average molecular weight is 251 g/mol. The van der Waals surface area contributed by atoms with Crippen LogP contribution in [0.1, 0.15) is 45.6 Å². The Morgan fingerprint density at radius 2 is 2.11 bits per heavy atom. The second-order valence-corrected chi connectivity index (χ2v) is 4.62. The van der Waals surface area contributed by atoms with Crippen molar-refractivity contribution in [1.29, 1.82) is 0 Å². The van der Waals surface area contributed by atoms with Crippen molar-refractivity contribution in [2.24, 2.45) is 5.84 Å². The van der Waals surface area contributed by atoms with Crippen LogP contribution in [-0.2, 0) is 0 Å². The van der Waals surface area contributed by atoms with E-state index in [-0.39, 0.29) is 0 Å². The van der Waals surface area contributed by atoms with Crippen molar-refractivity contribution in [3.8, 4) is 0 Å². The monoisotopic (exact) mass is 251 g/mol. The van der Waals surface area contributed by atoms with Gasteiger partial charge in [-0.2, -0.15) is 0 Å². The maximum atomic E-state index is 5.47. The smallest absolute Gasteiger partial charge is 0.148 e. The van der Waals surface area contributed by atoms with E-state index in [1.165, 1.54) is 12.8 Å². The quantitative estimate of drug-likeness (QED) is 0.575. The maximum Gasteiger partial charge on any atom is 0.148 e. The third-order valence-corrected chi connectivity index (χ3v) is 3.34. The van der Waals surface area contributed by atoms with Crippen molar-refractivity contribution in [3.05, 3.63) is 11.9 Å². The predicted molar refractivity (Wildman–Crippen MR) is 76.6 cm³/mol. The summed E-state index contributed by atoms with van der Waals surface area (Å²) in [6.07, 6.45) is 5.01. The summed E-state index contributed by atoms with van der Waals surface area (Å²) in [6.45, 7) is 9.66. The van der Waals surface area contributed by atoms with Crippen LogP contribution in [0.2, 0.25) is 0 Å². The second kappa shape index (κ2) is 7.16. The number of nitrogen functional groups attached to an aromatic ring is 1. The first kappa shape index (κ1) is 14.7. The molecule has 0 bridgehead atoms. The summed E-state index contributed by atoms with van der Waals surface area (Å²) in [5.74, 6) is 7.16. The molecule has 0 saturated heterocycles. The lowest BCUT2D eigenvalue weighted by Crippen LogP contribution is -2.35. The van der Waals surface area contributed by atoms with E-state index >= 15 is 0 Å². The minimum atomic E-state index is 0.468. The maximum absolute atomic E-state index is 5.47. The first-order chi connectivity index (χ1) is 8.65. The number of hydrogen-bond donors (Lipinski definition) is 2. The van der Waals surface area contributed by atoms with Gasteiger partial charge in [0, 0.05) is 18.2 Å². The molecule has 0 aliphatic carbocycles. The molecule has 3 N–H and O–H groups in total. The van der Waals surface area contributed by atoms with Gasteiger partial charge in [-0.1, -0.05) is 20.3 Å². The van der Waals surface area contributed by atoms with Gasteiger partial charge in [0.1, 0.15) is 18.0 Å². The normalized spacial score (nSPS) is 12.3. The van der Waals surface area contributed by atoms with Crippen LogP contribution in [0.4, 0.5) is 11.6 Å². The Morgan fingerprint density at radius 1 is 1.39 bits per heavy atom. The molecule has 1 rings (SSSR count). The minimum Gasteiger partial charge on any atom is -0.354 e. The molecule has 1 heterocycles. The molecule has 0 radical (unpaired) electrons. The molecule has 1 atom stereocenters. The summed E-state index contributed by atoms with van der Waals surface area (Å²) in [6, 6.07) is 0.468. The van der Waals surface area contributed by atoms with E-state index in [1.54, 1.807) is 6.33 Å². The lowest BCUT2D eigenvalue weighted by atomic mass is 10.1. The van der Waals surface area contributed by atoms with Crippen LogP contribution in [0, 0.1) is 6.92 Å². The number of hydrazine groups is 1. The van der Waals surface area contributed by atoms with Crippen LogP contribution >= 0.6 is 0 Å². The summed E-state index contributed by atoms with van der Waals surface area (Å²) in [5.41, 5.74) is 3.64. The van der Waals surface area contributed by atoms with Gasteiger partial charge in [0.15, 0.2) is 0 Å². The first-order valence-corrected chi connectivity index (χ1v) is 6.70. The Balaban J connectivity index is 3.04. The van der Waals surface area contributed by atoms with Gasteiger partial charge >= 0.3 is 0 Å². The van der Waals surface area contributed by atoms with E-state index in [4.69, 9.17) is 5.84 Å². The molecule has 0 aliphatic rings. The van der Waals surface area contributed by atoms with Gasteiger partial charge in [0.2, 0.25) is 0 Å². The Morgan fingerprint density at radius 3 is 2.67 bits per heavy atom. The molecule has 0 fully saturated rings. The number of rotatable bonds is 7. The highest BCUT2D eigenvalue weighted by molar-refractivity contribution is 5.57. The third kappa shape index (κ3) is 3.32. The number of nitrogens with zero attached hydrogens (tertiary/aromatic N) is 3. The molecular formula is C13H25N5. The number of aromatic nitrogens is 2. The van der Waals surface area contributed by atoms with E-state index in [0.717, 1.165) is 24.3 Å². The fraction of sp³-hybridized carbons (Fsp3) is 0.692. The highest BCUT2D eigenvalue weighted by atomic mass is 15.3. The van der Waals surface area contributed by atoms with E-state index in [0.29, 0.717) is 11.9 Å². The van der Waals surface area contributed by atoms with E-state index in [1.807, 2.05) is 6.92 Å². The number of hydrogen-bond acceptors (Lipinski definition) is 5. The zero-order chi connectivity index (χ0) is 13.5. The molecule has 0 aliphatic heterocycles. The molecule has 1 aromatic rings. The van der Waals surface area contributed by atoms with Crippen molar-refractivity contribution in [2.45, 2.75) is 53.0 Å². The van der Waals surface area contributed by atoms with Crippen molar-refractivity contribution in [3.63, 3.8) is 0 Å². The van der Waals surface area contributed by atoms with Gasteiger partial charge in [-0.15, -0.1) is 0 Å². The molecule has 1 unspecified atom stereocenters. The molecule has 18 heavy (non-hydrogen) atoms. The number of nitrogens with one attached hydrogen (secondary N) is 1. The predicted octanol–water partition coefficient (Wildman–Crippen LogP) is 2.48. The Bertz CT molecular complexity index is 366. The minimum absolute atomic E-state index is 0.468. The molecule has 5 heteroatoms. The fourth-order valence-electron chi connectivity index (χ4n) is 1.96. The third-order valence-electron chi connectivity index (χ3n) is 3.34. The second-order valence-electron chi connectivity index (χ2n) is 4.62. The summed E-state index contributed by atoms with van der Waals surface area (Å²) >= 11 is 0. The molecule has 0 amide bonds. The van der Waals surface area contributed by atoms with Crippen molar-refractivity contribution in [1.82, 2.24) is 9.97 Å².